The van der Waals surface area contributed by atoms with Crippen LogP contribution in [0.25, 0.3) is 0 Å². The molecule has 0 spiro atoms. The van der Waals surface area contributed by atoms with Gasteiger partial charge in [0.2, 0.25) is 6.29 Å². The first-order valence-corrected chi connectivity index (χ1v) is 4.58. The van der Waals surface area contributed by atoms with Gasteiger partial charge in [0.1, 0.15) is 0 Å². The largest absolute Gasteiger partial charge is 0.435 e. The third-order valence-corrected chi connectivity index (χ3v) is 2.42. The summed E-state index contributed by atoms with van der Waals surface area (Å²) < 4.78 is 10.1. The van der Waals surface area contributed by atoms with Crippen molar-refractivity contribution in [1.82, 2.24) is 0 Å². The zero-order valence-electron chi connectivity index (χ0n) is 7.97. The van der Waals surface area contributed by atoms with Gasteiger partial charge in [0.05, 0.1) is 12.3 Å². The molecule has 0 N–H and O–H groups in total. The topological polar surface area (TPSA) is 35.5 Å². The van der Waals surface area contributed by atoms with E-state index >= 15 is 0 Å². The Kier molecular flexibility index (Phi) is 2.50. The molecule has 1 fully saturated rings. The van der Waals surface area contributed by atoms with Crippen LogP contribution in [0.5, 0.6) is 0 Å². The molecule has 74 valence electrons. The monoisotopic (exact) mass is 192 g/mol. The van der Waals surface area contributed by atoms with Crippen molar-refractivity contribution in [2.24, 2.45) is 0 Å². The number of hydrogen-bond acceptors (Lipinski definition) is 3. The number of methoxy groups -OCH3 is 1. The number of ether oxygens (including phenoxy) is 2. The smallest absolute Gasteiger partial charge is 0.308 e. The van der Waals surface area contributed by atoms with Gasteiger partial charge in [-0.05, 0) is 5.56 Å². The minimum absolute atomic E-state index is 0.0358. The summed E-state index contributed by atoms with van der Waals surface area (Å²) >= 11 is 0. The van der Waals surface area contributed by atoms with Crippen LogP contribution in [0.4, 0.5) is 0 Å². The molecule has 2 rings (SSSR count). The lowest BCUT2D eigenvalue weighted by Gasteiger charge is -2.15. The Morgan fingerprint density at radius 2 is 2.07 bits per heavy atom. The van der Waals surface area contributed by atoms with E-state index in [1.54, 1.807) is 7.11 Å². The third-order valence-electron chi connectivity index (χ3n) is 2.42. The molecule has 14 heavy (non-hydrogen) atoms. The van der Waals surface area contributed by atoms with Crippen molar-refractivity contribution in [3.63, 3.8) is 0 Å². The maximum Gasteiger partial charge on any atom is 0.308 e. The molecule has 3 heteroatoms. The van der Waals surface area contributed by atoms with Crippen LogP contribution in [-0.4, -0.2) is 19.4 Å². The second-order valence-electron chi connectivity index (χ2n) is 3.32. The molecule has 1 aliphatic heterocycles. The maximum atomic E-state index is 11.1. The van der Waals surface area contributed by atoms with Crippen molar-refractivity contribution < 1.29 is 14.3 Å². The highest BCUT2D eigenvalue weighted by molar-refractivity contribution is 5.73. The number of carbonyl (C=O) groups excluding carboxylic acids is 1. The summed E-state index contributed by atoms with van der Waals surface area (Å²) in [6.45, 7) is 0. The first-order valence-electron chi connectivity index (χ1n) is 4.58. The van der Waals surface area contributed by atoms with Crippen LogP contribution in [0, 0.1) is 0 Å². The van der Waals surface area contributed by atoms with Gasteiger partial charge in [-0.25, -0.2) is 0 Å². The maximum absolute atomic E-state index is 11.1. The minimum atomic E-state index is -0.426. The lowest BCUT2D eigenvalue weighted by molar-refractivity contribution is -0.159. The van der Waals surface area contributed by atoms with Crippen molar-refractivity contribution >= 4 is 5.97 Å². The standard InChI is InChI=1S/C11H12O3/c1-13-11-9(7-10(12)14-11)8-5-3-2-4-6-8/h2-6,9,11H,7H2,1H3. The first kappa shape index (κ1) is 9.21. The lowest BCUT2D eigenvalue weighted by atomic mass is 9.97. The molecule has 0 aromatic heterocycles. The highest BCUT2D eigenvalue weighted by Gasteiger charge is 2.35. The van der Waals surface area contributed by atoms with Crippen molar-refractivity contribution in [2.75, 3.05) is 7.11 Å². The Morgan fingerprint density at radius 3 is 2.71 bits per heavy atom. The number of cyclic esters (lactones) is 1. The minimum Gasteiger partial charge on any atom is -0.435 e. The second-order valence-corrected chi connectivity index (χ2v) is 3.32. The number of benzene rings is 1. The molecule has 1 heterocycles. The second kappa shape index (κ2) is 3.80. The van der Waals surface area contributed by atoms with Crippen LogP contribution in [0.1, 0.15) is 17.9 Å². The van der Waals surface area contributed by atoms with E-state index in [-0.39, 0.29) is 11.9 Å². The fraction of sp³-hybridized carbons (Fsp3) is 0.364. The Hall–Kier alpha value is -1.35. The van der Waals surface area contributed by atoms with Crippen LogP contribution in [0.15, 0.2) is 30.3 Å². The van der Waals surface area contributed by atoms with E-state index in [0.717, 1.165) is 5.56 Å². The molecule has 2 atom stereocenters. The van der Waals surface area contributed by atoms with Crippen LogP contribution in [0.3, 0.4) is 0 Å². The van der Waals surface area contributed by atoms with Gasteiger partial charge in [0.25, 0.3) is 0 Å². The quantitative estimate of drug-likeness (QED) is 0.669. The summed E-state index contributed by atoms with van der Waals surface area (Å²) in [6.07, 6.45) is -0.0207. The Bertz CT molecular complexity index is 321. The van der Waals surface area contributed by atoms with Crippen LogP contribution in [-0.2, 0) is 14.3 Å². The van der Waals surface area contributed by atoms with E-state index in [0.29, 0.717) is 6.42 Å². The van der Waals surface area contributed by atoms with Crippen molar-refractivity contribution in [2.45, 2.75) is 18.6 Å². The lowest BCUT2D eigenvalue weighted by Crippen LogP contribution is -2.16. The van der Waals surface area contributed by atoms with E-state index in [1.165, 1.54) is 0 Å². The normalized spacial score (nSPS) is 26.2. The highest BCUT2D eigenvalue weighted by atomic mass is 16.7. The molecule has 0 aliphatic carbocycles. The van der Waals surface area contributed by atoms with Crippen molar-refractivity contribution in [3.8, 4) is 0 Å². The summed E-state index contributed by atoms with van der Waals surface area (Å²) in [5, 5.41) is 0. The van der Waals surface area contributed by atoms with Crippen molar-refractivity contribution in [1.29, 1.82) is 0 Å². The molecule has 0 radical (unpaired) electrons. The molecular weight excluding hydrogens is 180 g/mol. The van der Waals surface area contributed by atoms with Gasteiger partial charge in [-0.1, -0.05) is 30.3 Å². The third kappa shape index (κ3) is 1.63. The SMILES string of the molecule is COC1OC(=O)CC1c1ccccc1. The van der Waals surface area contributed by atoms with E-state index in [1.807, 2.05) is 30.3 Å². The van der Waals surface area contributed by atoms with Crippen LogP contribution < -0.4 is 0 Å². The molecule has 1 aliphatic rings. The van der Waals surface area contributed by atoms with Gasteiger partial charge >= 0.3 is 5.97 Å². The van der Waals surface area contributed by atoms with Crippen molar-refractivity contribution in [3.05, 3.63) is 35.9 Å². The Labute approximate surface area is 82.6 Å². The predicted octanol–water partition coefficient (Wildman–Crippen LogP) is 1.69. The Morgan fingerprint density at radius 1 is 1.36 bits per heavy atom. The molecule has 1 saturated heterocycles. The van der Waals surface area contributed by atoms with Crippen LogP contribution >= 0.6 is 0 Å². The summed E-state index contributed by atoms with van der Waals surface area (Å²) in [5.41, 5.74) is 1.09. The zero-order chi connectivity index (χ0) is 9.97. The summed E-state index contributed by atoms with van der Waals surface area (Å²) in [5.74, 6) is -0.153. The molecule has 1 aromatic rings. The average Bonchev–Trinajstić information content (AvgIpc) is 2.61. The number of hydrogen-bond donors (Lipinski definition) is 0. The summed E-state index contributed by atoms with van der Waals surface area (Å²) in [4.78, 5) is 11.1. The predicted molar refractivity (Wildman–Crippen MR) is 50.7 cm³/mol. The zero-order valence-corrected chi connectivity index (χ0v) is 7.97. The highest BCUT2D eigenvalue weighted by Crippen LogP contribution is 2.32. The number of rotatable bonds is 2. The van der Waals surface area contributed by atoms with Gasteiger partial charge in [-0.15, -0.1) is 0 Å². The van der Waals surface area contributed by atoms with Crippen LogP contribution in [0.2, 0.25) is 0 Å². The fourth-order valence-corrected chi connectivity index (χ4v) is 1.72. The average molecular weight is 192 g/mol. The summed E-state index contributed by atoms with van der Waals surface area (Å²) in [7, 11) is 1.55. The van der Waals surface area contributed by atoms with Gasteiger partial charge in [0, 0.05) is 7.11 Å². The molecule has 3 nitrogen and oxygen atoms in total. The number of esters is 1. The number of carbonyl (C=O) groups is 1. The first-order chi connectivity index (χ1) is 6.81. The molecule has 1 aromatic carbocycles. The van der Waals surface area contributed by atoms with Gasteiger partial charge in [-0.3, -0.25) is 4.79 Å². The molecule has 2 unspecified atom stereocenters. The molecule has 0 bridgehead atoms. The van der Waals surface area contributed by atoms with E-state index in [4.69, 9.17) is 9.47 Å². The fourth-order valence-electron chi connectivity index (χ4n) is 1.72. The molecular formula is C11H12O3. The summed E-state index contributed by atoms with van der Waals surface area (Å²) in [6, 6.07) is 9.82. The van der Waals surface area contributed by atoms with Gasteiger partial charge in [0.15, 0.2) is 0 Å². The van der Waals surface area contributed by atoms with E-state index in [2.05, 4.69) is 0 Å². The molecule has 0 amide bonds. The van der Waals surface area contributed by atoms with E-state index in [9.17, 15) is 4.79 Å². The van der Waals surface area contributed by atoms with Gasteiger partial charge < -0.3 is 9.47 Å². The molecule has 0 saturated carbocycles. The Balaban J connectivity index is 2.22. The van der Waals surface area contributed by atoms with Gasteiger partial charge in [-0.2, -0.15) is 0 Å². The van der Waals surface area contributed by atoms with E-state index < -0.39 is 6.29 Å².